The minimum absolute atomic E-state index is 0. The molecule has 0 aromatic rings. The number of carboxylic acid groups (broad SMARTS) is 1. The first-order valence-electron chi connectivity index (χ1n) is 5.22. The second-order valence-electron chi connectivity index (χ2n) is 4.94. The number of aliphatic carboxylic acids is 1. The van der Waals surface area contributed by atoms with E-state index >= 15 is 0 Å². The summed E-state index contributed by atoms with van der Waals surface area (Å²) in [7, 11) is 0. The van der Waals surface area contributed by atoms with Crippen molar-refractivity contribution in [3.05, 3.63) is 0 Å². The zero-order valence-corrected chi connectivity index (χ0v) is 12.9. The molecule has 7 nitrogen and oxygen atoms in total. The smallest absolute Gasteiger partial charge is 0.547 e. The molecule has 3 N–H and O–H groups in total. The Morgan fingerprint density at radius 2 is 1.72 bits per heavy atom. The number of hydrogen-bond acceptors (Lipinski definition) is 7. The fourth-order valence-corrected chi connectivity index (χ4v) is 1.58. The van der Waals surface area contributed by atoms with Crippen molar-refractivity contribution < 1.29 is 64.3 Å². The number of carbonyl (C=O) groups is 1. The zero-order valence-electron chi connectivity index (χ0n) is 10.9. The van der Waals surface area contributed by atoms with E-state index in [4.69, 9.17) is 4.74 Å². The normalized spacial score (nSPS) is 36.9. The van der Waals surface area contributed by atoms with E-state index in [0.717, 1.165) is 0 Å². The van der Waals surface area contributed by atoms with E-state index < -0.39 is 42.3 Å². The van der Waals surface area contributed by atoms with Crippen LogP contribution in [-0.2, 0) is 14.3 Å². The maximum absolute atomic E-state index is 10.8. The Balaban J connectivity index is 0.00000289. The summed E-state index contributed by atoms with van der Waals surface area (Å²) in [6.07, 6.45) is -7.92. The summed E-state index contributed by atoms with van der Waals surface area (Å²) < 4.78 is 9.96. The van der Waals surface area contributed by atoms with Crippen LogP contribution in [0.2, 0.25) is 0 Å². The van der Waals surface area contributed by atoms with Crippen molar-refractivity contribution in [2.24, 2.45) is 0 Å². The summed E-state index contributed by atoms with van der Waals surface area (Å²) in [5.74, 6) is -1.62. The van der Waals surface area contributed by atoms with Gasteiger partial charge in [-0.3, -0.25) is 0 Å². The fourth-order valence-electron chi connectivity index (χ4n) is 1.58. The Hall–Kier alpha value is 0.270. The van der Waals surface area contributed by atoms with Crippen LogP contribution in [-0.4, -0.2) is 57.6 Å². The molecule has 0 spiro atoms. The van der Waals surface area contributed by atoms with E-state index in [1.54, 1.807) is 20.8 Å². The predicted molar refractivity (Wildman–Crippen MR) is 52.5 cm³/mol. The maximum Gasteiger partial charge on any atom is 1.00 e. The van der Waals surface area contributed by atoms with Crippen LogP contribution in [0.5, 0.6) is 0 Å². The molecule has 1 heterocycles. The largest absolute Gasteiger partial charge is 1.00 e. The van der Waals surface area contributed by atoms with E-state index in [2.05, 4.69) is 4.74 Å². The molecule has 0 saturated carbocycles. The van der Waals surface area contributed by atoms with Crippen LogP contribution in [0, 0.1) is 0 Å². The van der Waals surface area contributed by atoms with Crippen molar-refractivity contribution in [1.82, 2.24) is 0 Å². The Morgan fingerprint density at radius 1 is 1.22 bits per heavy atom. The molecule has 18 heavy (non-hydrogen) atoms. The van der Waals surface area contributed by atoms with Crippen molar-refractivity contribution in [3.63, 3.8) is 0 Å². The summed E-state index contributed by atoms with van der Waals surface area (Å²) >= 11 is 0. The molecule has 1 aliphatic rings. The Labute approximate surface area is 127 Å². The third-order valence-corrected chi connectivity index (χ3v) is 2.29. The molecule has 1 rings (SSSR count). The van der Waals surface area contributed by atoms with E-state index in [-0.39, 0.29) is 29.6 Å². The molecule has 0 aliphatic carbocycles. The van der Waals surface area contributed by atoms with Crippen molar-refractivity contribution in [2.75, 3.05) is 0 Å². The van der Waals surface area contributed by atoms with Gasteiger partial charge in [0.15, 0.2) is 6.29 Å². The molecule has 8 heteroatoms. The maximum atomic E-state index is 10.8. The Kier molecular flexibility index (Phi) is 6.72. The van der Waals surface area contributed by atoms with Crippen LogP contribution in [0.3, 0.4) is 0 Å². The van der Waals surface area contributed by atoms with Gasteiger partial charge in [0.25, 0.3) is 0 Å². The van der Waals surface area contributed by atoms with E-state index in [1.165, 1.54) is 0 Å². The number of carbonyl (C=O) groups excluding carboxylic acids is 1. The van der Waals surface area contributed by atoms with Gasteiger partial charge in [0.1, 0.15) is 24.4 Å². The molecule has 2 unspecified atom stereocenters. The van der Waals surface area contributed by atoms with Gasteiger partial charge in [0.05, 0.1) is 11.6 Å². The predicted octanol–water partition coefficient (Wildman–Crippen LogP) is -5.64. The SMILES string of the molecule is CC(C)(C)O[C@H]1C(C(=O)[O-])O[C@H](O)[C@H](O)C1O.[Na+]. The fraction of sp³-hybridized carbons (Fsp3) is 0.900. The van der Waals surface area contributed by atoms with E-state index in [0.29, 0.717) is 0 Å². The van der Waals surface area contributed by atoms with Gasteiger partial charge in [-0.2, -0.15) is 0 Å². The number of carboxylic acids is 1. The molecule has 1 saturated heterocycles. The van der Waals surface area contributed by atoms with Crippen LogP contribution in [0.25, 0.3) is 0 Å². The monoisotopic (exact) mass is 272 g/mol. The number of ether oxygens (including phenoxy) is 2. The van der Waals surface area contributed by atoms with Gasteiger partial charge in [-0.05, 0) is 20.8 Å². The molecular formula is C10H17NaO7. The summed E-state index contributed by atoms with van der Waals surface area (Å²) in [5, 5.41) is 39.1. The van der Waals surface area contributed by atoms with Crippen LogP contribution in [0.4, 0.5) is 0 Å². The number of aliphatic hydroxyl groups excluding tert-OH is 3. The zero-order chi connectivity index (χ0) is 13.4. The molecule has 0 radical (unpaired) electrons. The summed E-state index contributed by atoms with van der Waals surface area (Å²) in [6.45, 7) is 4.97. The molecule has 0 bridgehead atoms. The topological polar surface area (TPSA) is 119 Å². The molecule has 5 atom stereocenters. The van der Waals surface area contributed by atoms with Crippen molar-refractivity contribution in [1.29, 1.82) is 0 Å². The number of rotatable bonds is 2. The van der Waals surface area contributed by atoms with Gasteiger partial charge in [0, 0.05) is 0 Å². The van der Waals surface area contributed by atoms with E-state index in [1.807, 2.05) is 0 Å². The molecule has 100 valence electrons. The first-order chi connectivity index (χ1) is 7.63. The van der Waals surface area contributed by atoms with Crippen LogP contribution < -0.4 is 34.7 Å². The number of aliphatic hydroxyl groups is 3. The first-order valence-corrected chi connectivity index (χ1v) is 5.22. The average molecular weight is 272 g/mol. The van der Waals surface area contributed by atoms with Crippen molar-refractivity contribution >= 4 is 5.97 Å². The van der Waals surface area contributed by atoms with E-state index in [9.17, 15) is 25.2 Å². The van der Waals surface area contributed by atoms with Gasteiger partial charge in [0.2, 0.25) is 0 Å². The summed E-state index contributed by atoms with van der Waals surface area (Å²) in [6, 6.07) is 0. The first kappa shape index (κ1) is 18.3. The third kappa shape index (κ3) is 4.43. The van der Waals surface area contributed by atoms with Gasteiger partial charge in [-0.25, -0.2) is 0 Å². The average Bonchev–Trinajstić information content (AvgIpc) is 2.16. The minimum Gasteiger partial charge on any atom is -0.547 e. The van der Waals surface area contributed by atoms with Gasteiger partial charge >= 0.3 is 29.6 Å². The minimum atomic E-state index is -1.78. The number of hydrogen-bond donors (Lipinski definition) is 3. The summed E-state index contributed by atoms with van der Waals surface area (Å²) in [4.78, 5) is 10.8. The van der Waals surface area contributed by atoms with Gasteiger partial charge in [-0.15, -0.1) is 0 Å². The van der Waals surface area contributed by atoms with Crippen LogP contribution in [0.1, 0.15) is 20.8 Å². The van der Waals surface area contributed by atoms with Gasteiger partial charge in [-0.1, -0.05) is 0 Å². The van der Waals surface area contributed by atoms with Crippen LogP contribution in [0.15, 0.2) is 0 Å². The molecule has 1 aliphatic heterocycles. The molecule has 1 fully saturated rings. The van der Waals surface area contributed by atoms with Crippen molar-refractivity contribution in [3.8, 4) is 0 Å². The Bertz CT molecular complexity index is 290. The Morgan fingerprint density at radius 3 is 2.11 bits per heavy atom. The molecular weight excluding hydrogens is 255 g/mol. The van der Waals surface area contributed by atoms with Crippen molar-refractivity contribution in [2.45, 2.75) is 57.1 Å². The second-order valence-corrected chi connectivity index (χ2v) is 4.94. The molecule has 0 aromatic carbocycles. The quantitative estimate of drug-likeness (QED) is 0.429. The van der Waals surface area contributed by atoms with Crippen LogP contribution >= 0.6 is 0 Å². The third-order valence-electron chi connectivity index (χ3n) is 2.29. The summed E-state index contributed by atoms with van der Waals surface area (Å²) in [5.41, 5.74) is -0.745. The van der Waals surface area contributed by atoms with Gasteiger partial charge < -0.3 is 34.7 Å². The standard InChI is InChI=1S/C10H18O7.Na/c1-10(2,3)17-6-4(11)5(12)9(15)16-7(6)8(13)14;/h4-7,9,11-12,15H,1-3H3,(H,13,14);/q;+1/p-1/t4?,5-,6-,7?,9+;/m1./s1. The molecule has 0 aromatic heterocycles. The second kappa shape index (κ2) is 6.62. The molecule has 0 amide bonds.